The molecule has 0 bridgehead atoms. The van der Waals surface area contributed by atoms with Crippen LogP contribution in [0.15, 0.2) is 66.7 Å². The van der Waals surface area contributed by atoms with Gasteiger partial charge in [-0.1, -0.05) is 82.3 Å². The van der Waals surface area contributed by atoms with Crippen molar-refractivity contribution in [1.82, 2.24) is 0 Å². The van der Waals surface area contributed by atoms with E-state index in [1.165, 1.54) is 24.0 Å². The van der Waals surface area contributed by atoms with Gasteiger partial charge in [-0.25, -0.2) is 0 Å². The van der Waals surface area contributed by atoms with Crippen LogP contribution in [0.4, 0.5) is 0 Å². The summed E-state index contributed by atoms with van der Waals surface area (Å²) in [5, 5.41) is 0. The van der Waals surface area contributed by atoms with Gasteiger partial charge in [0.25, 0.3) is 0 Å². The quantitative estimate of drug-likeness (QED) is 0.176. The van der Waals surface area contributed by atoms with Crippen LogP contribution in [0.1, 0.15) is 71.6 Å². The monoisotopic (exact) mass is 503 g/mol. The van der Waals surface area contributed by atoms with Crippen LogP contribution in [0.5, 0.6) is 17.2 Å². The van der Waals surface area contributed by atoms with Gasteiger partial charge >= 0.3 is 0 Å². The number of rotatable bonds is 18. The van der Waals surface area contributed by atoms with Crippen LogP contribution in [0, 0.1) is 0 Å². The molecule has 0 atom stereocenters. The van der Waals surface area contributed by atoms with Crippen molar-refractivity contribution in [2.45, 2.75) is 71.6 Å². The molecule has 0 aliphatic heterocycles. The van der Waals surface area contributed by atoms with Gasteiger partial charge in [0.2, 0.25) is 0 Å². The third kappa shape index (κ3) is 9.77. The van der Waals surface area contributed by atoms with Crippen molar-refractivity contribution in [1.29, 1.82) is 0 Å². The molecule has 0 fully saturated rings. The lowest BCUT2D eigenvalue weighted by molar-refractivity contribution is 0.293. The number of nitrogens with two attached hydrogens (primary N) is 1. The van der Waals surface area contributed by atoms with Crippen molar-refractivity contribution in [3.63, 3.8) is 0 Å². The van der Waals surface area contributed by atoms with E-state index in [0.29, 0.717) is 6.61 Å². The molecule has 0 saturated carbocycles. The molecule has 3 rings (SSSR count). The number of unbranched alkanes of at least 4 members (excludes halogenated alkanes) is 6. The highest BCUT2D eigenvalue weighted by atomic mass is 16.5. The highest BCUT2D eigenvalue weighted by molar-refractivity contribution is 5.75. The highest BCUT2D eigenvalue weighted by Gasteiger charge is 2.10. The smallest absolute Gasteiger partial charge is 0.130 e. The van der Waals surface area contributed by atoms with Gasteiger partial charge in [0.05, 0.1) is 19.8 Å². The van der Waals surface area contributed by atoms with Gasteiger partial charge in [0.15, 0.2) is 0 Å². The molecule has 0 aliphatic carbocycles. The molecule has 0 spiro atoms. The maximum atomic E-state index is 6.27. The van der Waals surface area contributed by atoms with Crippen molar-refractivity contribution in [2.24, 2.45) is 5.73 Å². The molecular weight excluding hydrogens is 458 g/mol. The van der Waals surface area contributed by atoms with E-state index < -0.39 is 0 Å². The molecule has 2 N–H and O–H groups in total. The summed E-state index contributed by atoms with van der Waals surface area (Å²) in [5.41, 5.74) is 10.2. The van der Waals surface area contributed by atoms with Gasteiger partial charge in [-0.15, -0.1) is 0 Å². The molecule has 37 heavy (non-hydrogen) atoms. The summed E-state index contributed by atoms with van der Waals surface area (Å²) in [7, 11) is 0. The Morgan fingerprint density at radius 1 is 0.514 bits per heavy atom. The average molecular weight is 504 g/mol. The first-order chi connectivity index (χ1) is 18.2. The van der Waals surface area contributed by atoms with Crippen LogP contribution >= 0.6 is 0 Å². The maximum absolute atomic E-state index is 6.27. The molecule has 0 saturated heterocycles. The minimum atomic E-state index is 0.695. The van der Waals surface area contributed by atoms with Crippen molar-refractivity contribution in [3.8, 4) is 39.5 Å². The zero-order valence-corrected chi connectivity index (χ0v) is 22.8. The molecule has 3 aromatic carbocycles. The Bertz CT molecular complexity index is 1010. The van der Waals surface area contributed by atoms with Gasteiger partial charge in [0.1, 0.15) is 17.2 Å². The first-order valence-electron chi connectivity index (χ1n) is 14.2. The Balaban J connectivity index is 1.68. The number of benzene rings is 3. The Hall–Kier alpha value is -2.98. The van der Waals surface area contributed by atoms with Crippen molar-refractivity contribution < 1.29 is 14.2 Å². The van der Waals surface area contributed by atoms with Gasteiger partial charge in [-0.2, -0.15) is 0 Å². The fraction of sp³-hybridized carbons (Fsp3) is 0.455. The predicted octanol–water partition coefficient (Wildman–Crippen LogP) is 8.67. The molecule has 0 heterocycles. The van der Waals surface area contributed by atoms with Crippen LogP contribution in [-0.4, -0.2) is 26.4 Å². The second kappa shape index (κ2) is 16.7. The zero-order chi connectivity index (χ0) is 26.1. The molecule has 0 radical (unpaired) electrons. The van der Waals surface area contributed by atoms with E-state index in [2.05, 4.69) is 68.4 Å². The summed E-state index contributed by atoms with van der Waals surface area (Å²) in [6.07, 6.45) is 10.1. The Labute approximate surface area is 224 Å². The van der Waals surface area contributed by atoms with Gasteiger partial charge in [0, 0.05) is 11.6 Å². The maximum Gasteiger partial charge on any atom is 0.130 e. The van der Waals surface area contributed by atoms with Crippen LogP contribution in [0.2, 0.25) is 0 Å². The molecule has 0 amide bonds. The summed E-state index contributed by atoms with van der Waals surface area (Å²) < 4.78 is 18.1. The minimum absolute atomic E-state index is 0.695. The lowest BCUT2D eigenvalue weighted by Gasteiger charge is -2.15. The van der Waals surface area contributed by atoms with Crippen LogP contribution in [0.25, 0.3) is 22.3 Å². The molecule has 0 aliphatic rings. The normalized spacial score (nSPS) is 10.9. The summed E-state index contributed by atoms with van der Waals surface area (Å²) in [6.45, 7) is 7.34. The van der Waals surface area contributed by atoms with Crippen molar-refractivity contribution in [3.05, 3.63) is 66.7 Å². The Morgan fingerprint density at radius 2 is 1.05 bits per heavy atom. The fourth-order valence-corrected chi connectivity index (χ4v) is 4.19. The van der Waals surface area contributed by atoms with E-state index in [1.54, 1.807) is 0 Å². The van der Waals surface area contributed by atoms with Crippen molar-refractivity contribution in [2.75, 3.05) is 26.4 Å². The highest BCUT2D eigenvalue weighted by Crippen LogP contribution is 2.35. The fourth-order valence-electron chi connectivity index (χ4n) is 4.19. The van der Waals surface area contributed by atoms with E-state index in [0.717, 1.165) is 93.1 Å². The minimum Gasteiger partial charge on any atom is -0.494 e. The Kier molecular flexibility index (Phi) is 12.9. The van der Waals surface area contributed by atoms with E-state index in [4.69, 9.17) is 19.9 Å². The number of hydrogen-bond donors (Lipinski definition) is 1. The average Bonchev–Trinajstić information content (AvgIpc) is 2.94. The van der Waals surface area contributed by atoms with Gasteiger partial charge in [-0.3, -0.25) is 0 Å². The summed E-state index contributed by atoms with van der Waals surface area (Å²) in [4.78, 5) is 0. The van der Waals surface area contributed by atoms with Gasteiger partial charge in [-0.05, 0) is 73.2 Å². The molecule has 4 nitrogen and oxygen atoms in total. The van der Waals surface area contributed by atoms with Crippen LogP contribution < -0.4 is 19.9 Å². The third-order valence-electron chi connectivity index (χ3n) is 6.48. The zero-order valence-electron chi connectivity index (χ0n) is 22.8. The molecular formula is C33H45NO3. The first kappa shape index (κ1) is 28.6. The lowest BCUT2D eigenvalue weighted by Crippen LogP contribution is -2.02. The van der Waals surface area contributed by atoms with Crippen LogP contribution in [-0.2, 0) is 0 Å². The third-order valence-corrected chi connectivity index (χ3v) is 6.48. The molecule has 3 aromatic rings. The molecule has 4 heteroatoms. The van der Waals surface area contributed by atoms with Gasteiger partial charge < -0.3 is 19.9 Å². The van der Waals surface area contributed by atoms with E-state index >= 15 is 0 Å². The standard InChI is InChI=1S/C33H45NO3/c1-3-5-10-24-35-30-18-16-28(17-19-30)27-12-14-29(15-13-27)32-21-20-31(36-23-6-4-2)26-33(32)37-25-11-8-7-9-22-34/h12-21,26H,3-11,22-25,34H2,1-2H3. The van der Waals surface area contributed by atoms with Crippen molar-refractivity contribution >= 4 is 0 Å². The predicted molar refractivity (Wildman–Crippen MR) is 156 cm³/mol. The van der Waals surface area contributed by atoms with Crippen LogP contribution in [0.3, 0.4) is 0 Å². The second-order valence-electron chi connectivity index (χ2n) is 9.57. The Morgan fingerprint density at radius 3 is 1.76 bits per heavy atom. The molecule has 200 valence electrons. The topological polar surface area (TPSA) is 53.7 Å². The number of hydrogen-bond acceptors (Lipinski definition) is 4. The largest absolute Gasteiger partial charge is 0.494 e. The summed E-state index contributed by atoms with van der Waals surface area (Å²) >= 11 is 0. The first-order valence-corrected chi connectivity index (χ1v) is 14.2. The summed E-state index contributed by atoms with van der Waals surface area (Å²) in [6, 6.07) is 23.3. The van der Waals surface area contributed by atoms with E-state index in [1.807, 2.05) is 12.1 Å². The van der Waals surface area contributed by atoms with E-state index in [9.17, 15) is 0 Å². The summed E-state index contributed by atoms with van der Waals surface area (Å²) in [5.74, 6) is 2.68. The SMILES string of the molecule is CCCCCOc1ccc(-c2ccc(-c3ccc(OCCCC)cc3OCCCCCCN)cc2)cc1. The number of ether oxygens (including phenoxy) is 3. The molecule has 0 aromatic heterocycles. The van der Waals surface area contributed by atoms with E-state index in [-0.39, 0.29) is 0 Å². The molecule has 0 unspecified atom stereocenters. The second-order valence-corrected chi connectivity index (χ2v) is 9.57. The lowest BCUT2D eigenvalue weighted by atomic mass is 9.99.